The Bertz CT molecular complexity index is 635. The summed E-state index contributed by atoms with van der Waals surface area (Å²) < 4.78 is 1.10. The van der Waals surface area contributed by atoms with Crippen LogP contribution in [0.2, 0.25) is 0 Å². The summed E-state index contributed by atoms with van der Waals surface area (Å²) in [5.74, 6) is 6.61. The number of hydrogen-bond acceptors (Lipinski definition) is 2. The molecule has 1 fully saturated rings. The highest BCUT2D eigenvalue weighted by Gasteiger charge is 2.26. The highest BCUT2D eigenvalue weighted by atomic mass is 79.9. The second-order valence-corrected chi connectivity index (χ2v) is 6.74. The average Bonchev–Trinajstić information content (AvgIpc) is 2.43. The monoisotopic (exact) mass is 344 g/mol. The molecule has 2 aromatic rings. The maximum atomic E-state index is 5.91. The van der Waals surface area contributed by atoms with Gasteiger partial charge in [-0.3, -0.25) is 5.84 Å². The van der Waals surface area contributed by atoms with Crippen molar-refractivity contribution in [2.45, 2.75) is 38.1 Å². The lowest BCUT2D eigenvalue weighted by Crippen LogP contribution is -2.30. The average molecular weight is 345 g/mol. The predicted molar refractivity (Wildman–Crippen MR) is 91.1 cm³/mol. The molecule has 0 amide bonds. The number of hydrogen-bond donors (Lipinski definition) is 2. The maximum absolute atomic E-state index is 5.91. The molecule has 1 aliphatic carbocycles. The minimum atomic E-state index is 0.0241. The summed E-state index contributed by atoms with van der Waals surface area (Å²) >= 11 is 3.67. The van der Waals surface area contributed by atoms with Crippen LogP contribution in [-0.4, -0.2) is 0 Å². The molecule has 0 aromatic heterocycles. The van der Waals surface area contributed by atoms with Crippen molar-refractivity contribution in [3.8, 4) is 0 Å². The fourth-order valence-electron chi connectivity index (χ4n) is 3.10. The minimum Gasteiger partial charge on any atom is -0.271 e. The van der Waals surface area contributed by atoms with Gasteiger partial charge in [0.25, 0.3) is 0 Å². The van der Waals surface area contributed by atoms with Gasteiger partial charge in [-0.1, -0.05) is 64.3 Å². The highest BCUT2D eigenvalue weighted by Crippen LogP contribution is 2.41. The van der Waals surface area contributed by atoms with Gasteiger partial charge < -0.3 is 0 Å². The van der Waals surface area contributed by atoms with E-state index in [1.54, 1.807) is 0 Å². The third-order valence-corrected chi connectivity index (χ3v) is 5.20. The Hall–Kier alpha value is -1.16. The number of halogens is 1. The largest absolute Gasteiger partial charge is 0.271 e. The quantitative estimate of drug-likeness (QED) is 0.629. The van der Waals surface area contributed by atoms with Crippen LogP contribution in [0.3, 0.4) is 0 Å². The van der Waals surface area contributed by atoms with Gasteiger partial charge in [0.05, 0.1) is 6.04 Å². The molecule has 2 aromatic carbocycles. The van der Waals surface area contributed by atoms with Crippen molar-refractivity contribution in [3.05, 3.63) is 69.2 Å². The first-order valence-electron chi connectivity index (χ1n) is 7.51. The molecule has 110 valence electrons. The molecule has 0 heterocycles. The van der Waals surface area contributed by atoms with Gasteiger partial charge in [-0.25, -0.2) is 5.43 Å². The van der Waals surface area contributed by atoms with Crippen molar-refractivity contribution >= 4 is 15.9 Å². The predicted octanol–water partition coefficient (Wildman–Crippen LogP) is 4.58. The summed E-state index contributed by atoms with van der Waals surface area (Å²) in [4.78, 5) is 0. The third-order valence-electron chi connectivity index (χ3n) is 4.48. The first-order valence-corrected chi connectivity index (χ1v) is 8.31. The van der Waals surface area contributed by atoms with Gasteiger partial charge in [0, 0.05) is 4.47 Å². The summed E-state index contributed by atoms with van der Waals surface area (Å²) in [5.41, 5.74) is 8.21. The molecule has 3 N–H and O–H groups in total. The van der Waals surface area contributed by atoms with E-state index in [4.69, 9.17) is 5.84 Å². The normalized spacial score (nSPS) is 16.5. The summed E-state index contributed by atoms with van der Waals surface area (Å²) in [7, 11) is 0. The molecule has 1 aliphatic rings. The lowest BCUT2D eigenvalue weighted by atomic mass is 9.76. The Morgan fingerprint density at radius 3 is 2.57 bits per heavy atom. The molecule has 0 bridgehead atoms. The van der Waals surface area contributed by atoms with Crippen LogP contribution in [-0.2, 0) is 0 Å². The van der Waals surface area contributed by atoms with Crippen LogP contribution in [0.15, 0.2) is 46.9 Å². The van der Waals surface area contributed by atoms with E-state index in [1.165, 1.54) is 41.5 Å². The van der Waals surface area contributed by atoms with Crippen LogP contribution in [0.5, 0.6) is 0 Å². The summed E-state index contributed by atoms with van der Waals surface area (Å²) in [6.45, 7) is 2.11. The molecule has 1 atom stereocenters. The zero-order valence-electron chi connectivity index (χ0n) is 12.3. The van der Waals surface area contributed by atoms with Gasteiger partial charge in [0.2, 0.25) is 0 Å². The Morgan fingerprint density at radius 2 is 1.90 bits per heavy atom. The fraction of sp³-hybridized carbons (Fsp3) is 0.333. The zero-order chi connectivity index (χ0) is 14.8. The van der Waals surface area contributed by atoms with Crippen molar-refractivity contribution in [2.75, 3.05) is 0 Å². The lowest BCUT2D eigenvalue weighted by molar-refractivity contribution is 0.414. The number of aryl methyl sites for hydroxylation is 1. The zero-order valence-corrected chi connectivity index (χ0v) is 13.9. The molecule has 0 saturated heterocycles. The molecule has 3 heteroatoms. The smallest absolute Gasteiger partial charge is 0.0723 e. The number of benzene rings is 2. The van der Waals surface area contributed by atoms with E-state index in [0.29, 0.717) is 5.92 Å². The maximum Gasteiger partial charge on any atom is 0.0723 e. The number of nitrogens with one attached hydrogen (secondary N) is 1. The molecule has 1 saturated carbocycles. The van der Waals surface area contributed by atoms with Crippen LogP contribution >= 0.6 is 15.9 Å². The van der Waals surface area contributed by atoms with Crippen LogP contribution in [0.25, 0.3) is 0 Å². The van der Waals surface area contributed by atoms with E-state index in [1.807, 2.05) is 0 Å². The van der Waals surface area contributed by atoms with E-state index in [2.05, 4.69) is 70.7 Å². The van der Waals surface area contributed by atoms with E-state index < -0.39 is 0 Å². The highest BCUT2D eigenvalue weighted by molar-refractivity contribution is 9.10. The Morgan fingerprint density at radius 1 is 1.14 bits per heavy atom. The number of rotatable bonds is 4. The molecular weight excluding hydrogens is 324 g/mol. The van der Waals surface area contributed by atoms with Crippen molar-refractivity contribution in [2.24, 2.45) is 5.84 Å². The SMILES string of the molecule is Cc1ccc(Br)c(C(NN)c2ccccc2C2CCC2)c1. The van der Waals surface area contributed by atoms with Gasteiger partial charge in [-0.2, -0.15) is 0 Å². The van der Waals surface area contributed by atoms with Gasteiger partial charge >= 0.3 is 0 Å². The van der Waals surface area contributed by atoms with Crippen molar-refractivity contribution in [1.82, 2.24) is 5.43 Å². The fourth-order valence-corrected chi connectivity index (χ4v) is 3.57. The lowest BCUT2D eigenvalue weighted by Gasteiger charge is -2.30. The first kappa shape index (κ1) is 14.8. The topological polar surface area (TPSA) is 38.0 Å². The van der Waals surface area contributed by atoms with Gasteiger partial charge in [-0.15, -0.1) is 0 Å². The molecule has 3 rings (SSSR count). The molecular formula is C18H21BrN2. The molecule has 0 radical (unpaired) electrons. The molecule has 21 heavy (non-hydrogen) atoms. The van der Waals surface area contributed by atoms with E-state index in [9.17, 15) is 0 Å². The molecule has 0 spiro atoms. The molecule has 0 aliphatic heterocycles. The number of hydrazine groups is 1. The van der Waals surface area contributed by atoms with Crippen LogP contribution in [0, 0.1) is 6.92 Å². The summed E-state index contributed by atoms with van der Waals surface area (Å²) in [6.07, 6.45) is 3.93. The van der Waals surface area contributed by atoms with Crippen molar-refractivity contribution < 1.29 is 0 Å². The van der Waals surface area contributed by atoms with Gasteiger partial charge in [-0.05, 0) is 48.4 Å². The second kappa shape index (κ2) is 6.30. The van der Waals surface area contributed by atoms with E-state index in [-0.39, 0.29) is 6.04 Å². The van der Waals surface area contributed by atoms with Crippen molar-refractivity contribution in [3.63, 3.8) is 0 Å². The Kier molecular flexibility index (Phi) is 4.43. The van der Waals surface area contributed by atoms with Gasteiger partial charge in [0.1, 0.15) is 0 Å². The van der Waals surface area contributed by atoms with Crippen LogP contribution < -0.4 is 11.3 Å². The van der Waals surface area contributed by atoms with Gasteiger partial charge in [0.15, 0.2) is 0 Å². The summed E-state index contributed by atoms with van der Waals surface area (Å²) in [6, 6.07) is 15.1. The Labute approximate surface area is 134 Å². The Balaban J connectivity index is 2.06. The third kappa shape index (κ3) is 2.91. The minimum absolute atomic E-state index is 0.0241. The molecule has 1 unspecified atom stereocenters. The molecule has 2 nitrogen and oxygen atoms in total. The first-order chi connectivity index (χ1) is 10.2. The standard InChI is InChI=1S/C18H21BrN2/c1-12-9-10-17(19)16(11-12)18(21-20)15-8-3-2-7-14(15)13-5-4-6-13/h2-3,7-11,13,18,21H,4-6,20H2,1H3. The van der Waals surface area contributed by atoms with Crippen molar-refractivity contribution in [1.29, 1.82) is 0 Å². The van der Waals surface area contributed by atoms with Crippen LogP contribution in [0.1, 0.15) is 53.5 Å². The van der Waals surface area contributed by atoms with E-state index >= 15 is 0 Å². The number of nitrogens with two attached hydrogens (primary N) is 1. The second-order valence-electron chi connectivity index (χ2n) is 5.88. The van der Waals surface area contributed by atoms with E-state index in [0.717, 1.165) is 4.47 Å². The van der Waals surface area contributed by atoms with Crippen LogP contribution in [0.4, 0.5) is 0 Å². The summed E-state index contributed by atoms with van der Waals surface area (Å²) in [5, 5.41) is 0.